The van der Waals surface area contributed by atoms with Gasteiger partial charge in [-0.1, -0.05) is 6.92 Å². The van der Waals surface area contributed by atoms with Crippen LogP contribution in [-0.2, 0) is 11.2 Å². The summed E-state index contributed by atoms with van der Waals surface area (Å²) in [6.45, 7) is 2.83. The van der Waals surface area contributed by atoms with Crippen molar-refractivity contribution in [2.75, 3.05) is 13.7 Å². The lowest BCUT2D eigenvalue weighted by molar-refractivity contribution is -0.0162. The molecule has 2 rings (SSSR count). The zero-order valence-electron chi connectivity index (χ0n) is 10.2. The van der Waals surface area contributed by atoms with Crippen LogP contribution >= 0.6 is 0 Å². The highest BCUT2D eigenvalue weighted by Crippen LogP contribution is 2.24. The maximum Gasteiger partial charge on any atom is 0.216 e. The van der Waals surface area contributed by atoms with Crippen LogP contribution in [0, 0.1) is 5.92 Å². The molecule has 0 aromatic carbocycles. The standard InChI is InChI=1S/C12H18N2O3/c1-8-3-4-17-12(8)10(15)5-9-6-11(16-2)14-7-13-9/h6-8,10,12,15H,3-5H2,1-2H3. The van der Waals surface area contributed by atoms with Crippen LogP contribution in [-0.4, -0.2) is 41.0 Å². The van der Waals surface area contributed by atoms with E-state index in [0.29, 0.717) is 18.2 Å². The van der Waals surface area contributed by atoms with Crippen molar-refractivity contribution in [1.29, 1.82) is 0 Å². The van der Waals surface area contributed by atoms with Gasteiger partial charge in [0.05, 0.1) is 25.0 Å². The summed E-state index contributed by atoms with van der Waals surface area (Å²) < 4.78 is 10.6. The van der Waals surface area contributed by atoms with Crippen molar-refractivity contribution in [2.45, 2.75) is 32.0 Å². The molecule has 0 amide bonds. The molecule has 1 aliphatic heterocycles. The summed E-state index contributed by atoms with van der Waals surface area (Å²) in [5, 5.41) is 10.1. The Morgan fingerprint density at radius 3 is 3.06 bits per heavy atom. The Hall–Kier alpha value is -1.20. The van der Waals surface area contributed by atoms with Crippen molar-refractivity contribution >= 4 is 0 Å². The minimum atomic E-state index is -0.521. The number of nitrogens with zero attached hydrogens (tertiary/aromatic N) is 2. The molecule has 1 N–H and O–H groups in total. The third kappa shape index (κ3) is 2.92. The van der Waals surface area contributed by atoms with E-state index in [1.54, 1.807) is 13.2 Å². The minimum Gasteiger partial charge on any atom is -0.481 e. The average molecular weight is 238 g/mol. The molecular weight excluding hydrogens is 220 g/mol. The summed E-state index contributed by atoms with van der Waals surface area (Å²) in [6.07, 6.45) is 2.31. The molecule has 17 heavy (non-hydrogen) atoms. The largest absolute Gasteiger partial charge is 0.481 e. The first-order chi connectivity index (χ1) is 8.20. The molecule has 0 spiro atoms. The van der Waals surface area contributed by atoms with Crippen molar-refractivity contribution < 1.29 is 14.6 Å². The summed E-state index contributed by atoms with van der Waals surface area (Å²) in [5.41, 5.74) is 0.770. The van der Waals surface area contributed by atoms with E-state index in [4.69, 9.17) is 9.47 Å². The van der Waals surface area contributed by atoms with Gasteiger partial charge in [0.2, 0.25) is 5.88 Å². The lowest BCUT2D eigenvalue weighted by atomic mass is 9.97. The minimum absolute atomic E-state index is 0.0871. The van der Waals surface area contributed by atoms with Crippen LogP contribution in [0.5, 0.6) is 5.88 Å². The molecule has 0 saturated carbocycles. The Kier molecular flexibility index (Phi) is 3.91. The van der Waals surface area contributed by atoms with Crippen LogP contribution in [0.3, 0.4) is 0 Å². The van der Waals surface area contributed by atoms with Crippen molar-refractivity contribution in [2.24, 2.45) is 5.92 Å². The summed E-state index contributed by atoms with van der Waals surface area (Å²) >= 11 is 0. The highest BCUT2D eigenvalue weighted by Gasteiger charge is 2.31. The Bertz CT molecular complexity index is 373. The zero-order chi connectivity index (χ0) is 12.3. The van der Waals surface area contributed by atoms with Gasteiger partial charge in [0, 0.05) is 19.1 Å². The van der Waals surface area contributed by atoms with E-state index in [1.165, 1.54) is 6.33 Å². The van der Waals surface area contributed by atoms with Gasteiger partial charge in [-0.15, -0.1) is 0 Å². The van der Waals surface area contributed by atoms with Crippen molar-refractivity contribution in [1.82, 2.24) is 9.97 Å². The smallest absolute Gasteiger partial charge is 0.216 e. The van der Waals surface area contributed by atoms with Gasteiger partial charge in [0.15, 0.2) is 0 Å². The maximum atomic E-state index is 10.1. The molecule has 5 heteroatoms. The van der Waals surface area contributed by atoms with Gasteiger partial charge < -0.3 is 14.6 Å². The molecule has 3 unspecified atom stereocenters. The summed E-state index contributed by atoms with van der Waals surface area (Å²) in [6, 6.07) is 1.74. The second-order valence-corrected chi connectivity index (χ2v) is 4.42. The molecule has 0 aliphatic carbocycles. The Morgan fingerprint density at radius 2 is 2.41 bits per heavy atom. The fraction of sp³-hybridized carbons (Fsp3) is 0.667. The molecule has 1 aromatic rings. The molecule has 5 nitrogen and oxygen atoms in total. The number of rotatable bonds is 4. The van der Waals surface area contributed by atoms with Gasteiger partial charge in [-0.2, -0.15) is 0 Å². The molecule has 0 radical (unpaired) electrons. The van der Waals surface area contributed by atoms with E-state index in [2.05, 4.69) is 16.9 Å². The van der Waals surface area contributed by atoms with Gasteiger partial charge in [0.25, 0.3) is 0 Å². The Morgan fingerprint density at radius 1 is 1.59 bits per heavy atom. The summed E-state index contributed by atoms with van der Waals surface area (Å²) in [4.78, 5) is 8.05. The van der Waals surface area contributed by atoms with Crippen LogP contribution in [0.25, 0.3) is 0 Å². The first-order valence-electron chi connectivity index (χ1n) is 5.85. The normalized spacial score (nSPS) is 25.8. The van der Waals surface area contributed by atoms with Crippen molar-refractivity contribution in [3.63, 3.8) is 0 Å². The fourth-order valence-corrected chi connectivity index (χ4v) is 2.14. The van der Waals surface area contributed by atoms with E-state index in [1.807, 2.05) is 0 Å². The van der Waals surface area contributed by atoms with E-state index in [9.17, 15) is 5.11 Å². The van der Waals surface area contributed by atoms with Crippen LogP contribution in [0.15, 0.2) is 12.4 Å². The average Bonchev–Trinajstić information content (AvgIpc) is 2.76. The van der Waals surface area contributed by atoms with Crippen molar-refractivity contribution in [3.8, 4) is 5.88 Å². The third-order valence-corrected chi connectivity index (χ3v) is 3.15. The summed E-state index contributed by atoms with van der Waals surface area (Å²) in [7, 11) is 1.56. The zero-order valence-corrected chi connectivity index (χ0v) is 10.2. The number of hydrogen-bond acceptors (Lipinski definition) is 5. The first kappa shape index (κ1) is 12.3. The number of aromatic nitrogens is 2. The predicted molar refractivity (Wildman–Crippen MR) is 61.8 cm³/mol. The molecule has 2 heterocycles. The van der Waals surface area contributed by atoms with E-state index >= 15 is 0 Å². The highest BCUT2D eigenvalue weighted by atomic mass is 16.5. The Balaban J connectivity index is 1.99. The number of methoxy groups -OCH3 is 1. The van der Waals surface area contributed by atoms with Crippen LogP contribution in [0.2, 0.25) is 0 Å². The van der Waals surface area contributed by atoms with Crippen LogP contribution in [0.1, 0.15) is 19.0 Å². The second-order valence-electron chi connectivity index (χ2n) is 4.42. The first-order valence-corrected chi connectivity index (χ1v) is 5.85. The lowest BCUT2D eigenvalue weighted by Crippen LogP contribution is -2.32. The monoisotopic (exact) mass is 238 g/mol. The Labute approximate surface area is 101 Å². The van der Waals surface area contributed by atoms with Gasteiger partial charge in [-0.25, -0.2) is 9.97 Å². The maximum absolute atomic E-state index is 10.1. The van der Waals surface area contributed by atoms with Crippen LogP contribution in [0.4, 0.5) is 0 Å². The molecule has 0 bridgehead atoms. The number of aliphatic hydroxyl groups is 1. The third-order valence-electron chi connectivity index (χ3n) is 3.15. The topological polar surface area (TPSA) is 64.5 Å². The molecule has 3 atom stereocenters. The van der Waals surface area contributed by atoms with E-state index in [0.717, 1.165) is 18.7 Å². The van der Waals surface area contributed by atoms with Crippen LogP contribution < -0.4 is 4.74 Å². The van der Waals surface area contributed by atoms with Gasteiger partial charge in [-0.3, -0.25) is 0 Å². The van der Waals surface area contributed by atoms with Crippen molar-refractivity contribution in [3.05, 3.63) is 18.1 Å². The number of ether oxygens (including phenoxy) is 2. The highest BCUT2D eigenvalue weighted by molar-refractivity contribution is 5.14. The van der Waals surface area contributed by atoms with Gasteiger partial charge >= 0.3 is 0 Å². The summed E-state index contributed by atoms with van der Waals surface area (Å²) in [5.74, 6) is 0.913. The van der Waals surface area contributed by atoms with Gasteiger partial charge in [0.1, 0.15) is 6.33 Å². The number of hydrogen-bond donors (Lipinski definition) is 1. The molecule has 1 saturated heterocycles. The lowest BCUT2D eigenvalue weighted by Gasteiger charge is -2.20. The molecular formula is C12H18N2O3. The molecule has 1 fully saturated rings. The van der Waals surface area contributed by atoms with E-state index < -0.39 is 6.10 Å². The molecule has 1 aliphatic rings. The van der Waals surface area contributed by atoms with Gasteiger partial charge in [-0.05, 0) is 12.3 Å². The molecule has 94 valence electrons. The quantitative estimate of drug-likeness (QED) is 0.841. The molecule has 1 aromatic heterocycles. The fourth-order valence-electron chi connectivity index (χ4n) is 2.14. The second kappa shape index (κ2) is 5.42. The van der Waals surface area contributed by atoms with E-state index in [-0.39, 0.29) is 6.10 Å². The number of aliphatic hydroxyl groups excluding tert-OH is 1. The SMILES string of the molecule is COc1cc(CC(O)C2OCCC2C)ncn1. The predicted octanol–water partition coefficient (Wildman–Crippen LogP) is 0.814.